The van der Waals surface area contributed by atoms with Crippen LogP contribution in [0.3, 0.4) is 0 Å². The summed E-state index contributed by atoms with van der Waals surface area (Å²) in [6, 6.07) is 0. The third-order valence-electron chi connectivity index (χ3n) is 0. The molecule has 0 atom stereocenters. The van der Waals surface area contributed by atoms with E-state index < -0.39 is 31.3 Å². The average Bonchev–Trinajstić information content (AvgIpc) is 1.62. The molecule has 0 N–H and O–H groups in total. The van der Waals surface area contributed by atoms with Crippen molar-refractivity contribution in [1.29, 1.82) is 0 Å². The predicted molar refractivity (Wildman–Crippen MR) is 39.5 cm³/mol. The zero-order valence-electron chi connectivity index (χ0n) is 17.0. The van der Waals surface area contributed by atoms with Crippen molar-refractivity contribution in [3.63, 3.8) is 0 Å². The van der Waals surface area contributed by atoms with Gasteiger partial charge in [-0.2, -0.15) is 31.3 Å². The van der Waals surface area contributed by atoms with Gasteiger partial charge in [0.1, 0.15) is 0 Å². The van der Waals surface area contributed by atoms with E-state index in [1.165, 1.54) is 0 Å². The molecule has 27 heteroatoms. The third-order valence-corrected chi connectivity index (χ3v) is 0. The minimum atomic E-state index is -5.39. The Morgan fingerprint density at radius 2 is 0.370 bits per heavy atom. The molecule has 0 bridgehead atoms. The van der Waals surface area contributed by atoms with E-state index in [1.807, 2.05) is 0 Å². The summed E-state index contributed by atoms with van der Waals surface area (Å²) in [7, 11) is -21.6. The minimum Gasteiger partial charge on any atom is -0.822 e. The Morgan fingerprint density at radius 1 is 0.370 bits per heavy atom. The minimum absolute atomic E-state index is 0. The standard InChI is InChI=1S/B.3Li.4H3O4P.3Zn/c;;;;4*1-5(2,3)4;;;/h;;;;4*(H3,1,2,3,4);;;/q;3*+1;;;;;3*+2/p-9. The largest absolute Gasteiger partial charge is 2.00 e. The normalized spacial score (nSPS) is 8.74. The first kappa shape index (κ1) is 69.7. The van der Waals surface area contributed by atoms with Gasteiger partial charge in [-0.05, 0) is 0 Å². The van der Waals surface area contributed by atoms with Crippen LogP contribution in [0.25, 0.3) is 0 Å². The van der Waals surface area contributed by atoms with Gasteiger partial charge in [0, 0.05) is 8.41 Å². The molecule has 0 unspecified atom stereocenters. The Kier molecular flexibility index (Phi) is 83.6. The number of hydrogen-bond acceptors (Lipinski definition) is 16. The van der Waals surface area contributed by atoms with E-state index in [4.69, 9.17) is 77.0 Å². The van der Waals surface area contributed by atoms with Crippen molar-refractivity contribution in [1.82, 2.24) is 0 Å². The van der Waals surface area contributed by atoms with Gasteiger partial charge in [0.2, 0.25) is 0 Å². The summed E-state index contributed by atoms with van der Waals surface area (Å²) in [6.07, 6.45) is 0. The Balaban J connectivity index is -0.00000000853. The second-order valence-corrected chi connectivity index (χ2v) is 5.37. The first-order valence-electron chi connectivity index (χ1n) is 2.92. The van der Waals surface area contributed by atoms with Gasteiger partial charge in [-0.3, -0.25) is 0 Å². The summed E-state index contributed by atoms with van der Waals surface area (Å²) in [5.74, 6) is 0. The van der Waals surface area contributed by atoms with Gasteiger partial charge >= 0.3 is 119 Å². The van der Waals surface area contributed by atoms with E-state index in [-0.39, 0.29) is 128 Å². The Morgan fingerprint density at radius 3 is 0.370 bits per heavy atom. The molecule has 3 radical (unpaired) electrons. The fourth-order valence-electron chi connectivity index (χ4n) is 0. The summed E-state index contributed by atoms with van der Waals surface area (Å²) in [6.45, 7) is 0. The maximum absolute atomic E-state index is 8.55. The predicted octanol–water partition coefficient (Wildman–Crippen LogP) is -20.3. The molecular formula is H3BLi3O16P4Zn3. The number of rotatable bonds is 0. The Bertz CT molecular complexity index is 326. The summed E-state index contributed by atoms with van der Waals surface area (Å²) in [5, 5.41) is 0. The molecule has 16 nitrogen and oxygen atoms in total. The summed E-state index contributed by atoms with van der Waals surface area (Å²) >= 11 is 0. The molecule has 27 heavy (non-hydrogen) atoms. The molecule has 131 valence electrons. The van der Waals surface area contributed by atoms with Crippen molar-refractivity contribution in [2.45, 2.75) is 0 Å². The Hall–Kier alpha value is 4.17. The van der Waals surface area contributed by atoms with Crippen LogP contribution in [0.2, 0.25) is 0 Å². The van der Waals surface area contributed by atoms with E-state index in [9.17, 15) is 0 Å². The molecule has 0 aliphatic carbocycles. The molecule has 0 saturated carbocycles. The van der Waals surface area contributed by atoms with Crippen LogP contribution in [0.5, 0.6) is 0 Å². The van der Waals surface area contributed by atoms with Crippen molar-refractivity contribution in [3.05, 3.63) is 0 Å². The van der Waals surface area contributed by atoms with Gasteiger partial charge in [0.15, 0.2) is 0 Å². The average molecular weight is 611 g/mol. The molecule has 0 saturated heterocycles. The van der Waals surface area contributed by atoms with Crippen molar-refractivity contribution >= 4 is 39.7 Å². The van der Waals surface area contributed by atoms with E-state index in [1.54, 1.807) is 0 Å². The second-order valence-electron chi connectivity index (χ2n) is 1.79. The van der Waals surface area contributed by atoms with Crippen LogP contribution in [-0.4, -0.2) is 8.41 Å². The quantitative estimate of drug-likeness (QED) is 0.181. The molecule has 0 aromatic rings. The van der Waals surface area contributed by atoms with Crippen molar-refractivity contribution in [2.75, 3.05) is 0 Å². The van der Waals surface area contributed by atoms with Crippen molar-refractivity contribution in [3.8, 4) is 0 Å². The van der Waals surface area contributed by atoms with Crippen LogP contribution in [0, 0.1) is 0 Å². The fourth-order valence-corrected chi connectivity index (χ4v) is 0. The molecule has 0 aliphatic rings. The first-order chi connectivity index (χ1) is 8.00. The monoisotopic (exact) mass is 607 g/mol. The van der Waals surface area contributed by atoms with Crippen LogP contribution < -0.4 is 115 Å². The summed E-state index contributed by atoms with van der Waals surface area (Å²) < 4.78 is 34.2. The van der Waals surface area contributed by atoms with E-state index >= 15 is 0 Å². The molecule has 0 spiro atoms. The Labute approximate surface area is 233 Å². The van der Waals surface area contributed by atoms with Gasteiger partial charge < -0.3 is 77.0 Å². The molecule has 0 fully saturated rings. The SMILES string of the molecule is O=P([O-])([O-])[O-].O=P([O-])([O-])[O-].O=P([O-])([O-])[O-].O=P([O-])([O-])[O-].[B].[H+].[H+].[H+].[Li+].[Li+].[Li+].[Zn+2].[Zn+2].[Zn+2]. The topological polar surface area (TPSA) is 345 Å². The summed E-state index contributed by atoms with van der Waals surface area (Å²) in [4.78, 5) is 103. The zero-order chi connectivity index (χ0) is 18.0. The molecule has 0 rings (SSSR count). The van der Waals surface area contributed by atoms with E-state index in [0.717, 1.165) is 0 Å². The molecule has 0 aromatic carbocycles. The van der Waals surface area contributed by atoms with Crippen molar-refractivity contribution in [2.24, 2.45) is 0 Å². The first-order valence-corrected chi connectivity index (χ1v) is 8.76. The number of phosphoric acid groups is 4. The van der Waals surface area contributed by atoms with Crippen LogP contribution in [0.4, 0.5) is 0 Å². The zero-order valence-corrected chi connectivity index (χ0v) is 26.5. The maximum atomic E-state index is 8.55. The van der Waals surface area contributed by atoms with Crippen LogP contribution in [0.15, 0.2) is 0 Å². The number of hydrogen-bond donors (Lipinski definition) is 0. The molecule has 0 heterocycles. The van der Waals surface area contributed by atoms with Crippen LogP contribution >= 0.6 is 31.3 Å². The molecular weight excluding hydrogens is 608 g/mol. The molecule has 0 aliphatic heterocycles. The fraction of sp³-hybridized carbons (Fsp3) is 0. The molecule has 0 amide bonds. The summed E-state index contributed by atoms with van der Waals surface area (Å²) in [5.41, 5.74) is 0. The van der Waals surface area contributed by atoms with Gasteiger partial charge in [-0.15, -0.1) is 0 Å². The molecule has 0 aromatic heterocycles. The maximum Gasteiger partial charge on any atom is 2.00 e. The van der Waals surface area contributed by atoms with Gasteiger partial charge in [0.05, 0.1) is 0 Å². The smallest absolute Gasteiger partial charge is 0.822 e. The van der Waals surface area contributed by atoms with Gasteiger partial charge in [-0.25, -0.2) is 0 Å². The van der Waals surface area contributed by atoms with Gasteiger partial charge in [-0.1, -0.05) is 0 Å². The van der Waals surface area contributed by atoms with Crippen LogP contribution in [0.1, 0.15) is 4.28 Å². The van der Waals surface area contributed by atoms with Crippen LogP contribution in [-0.2, 0) is 76.7 Å². The van der Waals surface area contributed by atoms with E-state index in [0.29, 0.717) is 0 Å². The van der Waals surface area contributed by atoms with Crippen molar-refractivity contribution < 1.29 is 196 Å². The van der Waals surface area contributed by atoms with Gasteiger partial charge in [0.25, 0.3) is 0 Å². The second kappa shape index (κ2) is 32.3. The van der Waals surface area contributed by atoms with E-state index in [2.05, 4.69) is 0 Å². The third kappa shape index (κ3) is 1380.